The van der Waals surface area contributed by atoms with Crippen molar-refractivity contribution in [1.82, 2.24) is 10.3 Å². The van der Waals surface area contributed by atoms with Crippen LogP contribution in [0.15, 0.2) is 18.3 Å². The number of aromatic nitrogens is 1. The molecule has 0 spiro atoms. The third kappa shape index (κ3) is 3.83. The molecule has 1 atom stereocenters. The molecule has 2 rings (SSSR count). The Balaban J connectivity index is 1.98. The monoisotopic (exact) mass is 275 g/mol. The number of halogens is 1. The van der Waals surface area contributed by atoms with Gasteiger partial charge < -0.3 is 5.32 Å². The molecule has 2 N–H and O–H groups in total. The van der Waals surface area contributed by atoms with E-state index in [2.05, 4.69) is 15.0 Å². The first-order valence-electron chi connectivity index (χ1n) is 5.41. The number of nitrogens with zero attached hydrogens (tertiary/aromatic N) is 1. The van der Waals surface area contributed by atoms with Gasteiger partial charge in [0, 0.05) is 12.2 Å². The molecule has 17 heavy (non-hydrogen) atoms. The summed E-state index contributed by atoms with van der Waals surface area (Å²) in [6.45, 7) is 0.888. The predicted molar refractivity (Wildman–Crippen MR) is 67.7 cm³/mol. The molecule has 1 aliphatic heterocycles. The molecule has 1 fully saturated rings. The van der Waals surface area contributed by atoms with Gasteiger partial charge in [-0.3, -0.25) is 4.72 Å². The van der Waals surface area contributed by atoms with Crippen LogP contribution >= 0.6 is 11.6 Å². The zero-order valence-electron chi connectivity index (χ0n) is 9.19. The summed E-state index contributed by atoms with van der Waals surface area (Å²) in [5.41, 5.74) is 0. The lowest BCUT2D eigenvalue weighted by Crippen LogP contribution is -2.32. The lowest BCUT2D eigenvalue weighted by molar-refractivity contribution is 0.581. The molecule has 0 bridgehead atoms. The minimum absolute atomic E-state index is 0.0415. The third-order valence-corrected chi connectivity index (χ3v) is 4.16. The highest BCUT2D eigenvalue weighted by Gasteiger charge is 2.22. The summed E-state index contributed by atoms with van der Waals surface area (Å²) in [6, 6.07) is 3.18. The topological polar surface area (TPSA) is 71.1 Å². The van der Waals surface area contributed by atoms with E-state index < -0.39 is 10.0 Å². The highest BCUT2D eigenvalue weighted by molar-refractivity contribution is 7.92. The van der Waals surface area contributed by atoms with Crippen LogP contribution in [0.1, 0.15) is 12.8 Å². The molecule has 5 nitrogen and oxygen atoms in total. The van der Waals surface area contributed by atoms with Crippen LogP contribution in [0.25, 0.3) is 0 Å². The van der Waals surface area contributed by atoms with Crippen LogP contribution in [-0.2, 0) is 10.0 Å². The second-order valence-electron chi connectivity index (χ2n) is 4.04. The van der Waals surface area contributed by atoms with Crippen molar-refractivity contribution >= 4 is 27.4 Å². The Kier molecular flexibility index (Phi) is 3.86. The van der Waals surface area contributed by atoms with E-state index in [9.17, 15) is 8.42 Å². The van der Waals surface area contributed by atoms with E-state index in [1.54, 1.807) is 12.1 Å². The van der Waals surface area contributed by atoms with E-state index in [4.69, 9.17) is 11.6 Å². The quantitative estimate of drug-likeness (QED) is 0.867. The summed E-state index contributed by atoms with van der Waals surface area (Å²) in [7, 11) is -3.35. The van der Waals surface area contributed by atoms with Gasteiger partial charge in [0.25, 0.3) is 0 Å². The Morgan fingerprint density at radius 2 is 2.35 bits per heavy atom. The van der Waals surface area contributed by atoms with Crippen molar-refractivity contribution in [3.8, 4) is 0 Å². The highest BCUT2D eigenvalue weighted by Crippen LogP contribution is 2.13. The Morgan fingerprint density at radius 3 is 2.94 bits per heavy atom. The molecule has 7 heteroatoms. The molecular formula is C10H14ClN3O2S. The summed E-state index contributed by atoms with van der Waals surface area (Å²) < 4.78 is 26.1. The van der Waals surface area contributed by atoms with Crippen molar-refractivity contribution in [1.29, 1.82) is 0 Å². The van der Waals surface area contributed by atoms with Gasteiger partial charge in [-0.25, -0.2) is 13.4 Å². The first-order valence-corrected chi connectivity index (χ1v) is 7.44. The van der Waals surface area contributed by atoms with Crippen molar-refractivity contribution in [2.75, 3.05) is 17.0 Å². The maximum atomic E-state index is 11.8. The molecule has 0 radical (unpaired) electrons. The SMILES string of the molecule is O=S(=O)(CC1CCCN1)Nc1ccc(Cl)cn1. The van der Waals surface area contributed by atoms with Gasteiger partial charge in [0.15, 0.2) is 0 Å². The van der Waals surface area contributed by atoms with Crippen molar-refractivity contribution in [3.05, 3.63) is 23.4 Å². The van der Waals surface area contributed by atoms with Crippen LogP contribution in [0, 0.1) is 0 Å². The van der Waals surface area contributed by atoms with Gasteiger partial charge in [-0.15, -0.1) is 0 Å². The molecule has 0 aromatic carbocycles. The molecule has 94 valence electrons. The van der Waals surface area contributed by atoms with E-state index >= 15 is 0 Å². The van der Waals surface area contributed by atoms with Crippen molar-refractivity contribution in [2.24, 2.45) is 0 Å². The number of rotatable bonds is 4. The Hall–Kier alpha value is -0.850. The second kappa shape index (κ2) is 5.20. The van der Waals surface area contributed by atoms with E-state index in [0.717, 1.165) is 19.4 Å². The largest absolute Gasteiger partial charge is 0.313 e. The van der Waals surface area contributed by atoms with Crippen molar-refractivity contribution in [3.63, 3.8) is 0 Å². The van der Waals surface area contributed by atoms with E-state index in [1.165, 1.54) is 6.20 Å². The van der Waals surface area contributed by atoms with E-state index in [1.807, 2.05) is 0 Å². The van der Waals surface area contributed by atoms with Gasteiger partial charge in [-0.2, -0.15) is 0 Å². The lowest BCUT2D eigenvalue weighted by Gasteiger charge is -2.11. The molecule has 0 amide bonds. The maximum Gasteiger partial charge on any atom is 0.235 e. The average Bonchev–Trinajstić information content (AvgIpc) is 2.73. The second-order valence-corrected chi connectivity index (χ2v) is 6.24. The number of hydrogen-bond acceptors (Lipinski definition) is 4. The van der Waals surface area contributed by atoms with Gasteiger partial charge >= 0.3 is 0 Å². The van der Waals surface area contributed by atoms with E-state index in [-0.39, 0.29) is 11.8 Å². The molecule has 2 heterocycles. The molecule has 0 saturated carbocycles. The number of anilines is 1. The van der Waals surface area contributed by atoms with Gasteiger partial charge in [0.1, 0.15) is 5.82 Å². The summed E-state index contributed by atoms with van der Waals surface area (Å²) in [5, 5.41) is 3.62. The van der Waals surface area contributed by atoms with Crippen LogP contribution in [0.2, 0.25) is 5.02 Å². The normalized spacial score (nSPS) is 20.4. The maximum absolute atomic E-state index is 11.8. The van der Waals surface area contributed by atoms with Crippen molar-refractivity contribution in [2.45, 2.75) is 18.9 Å². The minimum Gasteiger partial charge on any atom is -0.313 e. The summed E-state index contributed by atoms with van der Waals surface area (Å²) in [5.74, 6) is 0.379. The molecule has 1 unspecified atom stereocenters. The fourth-order valence-electron chi connectivity index (χ4n) is 1.80. The van der Waals surface area contributed by atoms with Crippen LogP contribution < -0.4 is 10.0 Å². The Bertz CT molecular complexity index is 469. The van der Waals surface area contributed by atoms with Crippen LogP contribution in [-0.4, -0.2) is 31.7 Å². The summed E-state index contributed by atoms with van der Waals surface area (Å²) >= 11 is 5.67. The van der Waals surface area contributed by atoms with Gasteiger partial charge in [-0.1, -0.05) is 11.6 Å². The number of nitrogens with one attached hydrogen (secondary N) is 2. The van der Waals surface area contributed by atoms with E-state index in [0.29, 0.717) is 10.8 Å². The predicted octanol–water partition coefficient (Wildman–Crippen LogP) is 1.23. The van der Waals surface area contributed by atoms with Gasteiger partial charge in [-0.05, 0) is 31.5 Å². The van der Waals surface area contributed by atoms with Crippen LogP contribution in [0.3, 0.4) is 0 Å². The van der Waals surface area contributed by atoms with Crippen LogP contribution in [0.4, 0.5) is 5.82 Å². The molecule has 1 aromatic rings. The van der Waals surface area contributed by atoms with Gasteiger partial charge in [0.05, 0.1) is 10.8 Å². The summed E-state index contributed by atoms with van der Waals surface area (Å²) in [4.78, 5) is 3.90. The average molecular weight is 276 g/mol. The zero-order chi connectivity index (χ0) is 12.3. The smallest absolute Gasteiger partial charge is 0.235 e. The fourth-order valence-corrected chi connectivity index (χ4v) is 3.25. The van der Waals surface area contributed by atoms with Gasteiger partial charge in [0.2, 0.25) is 10.0 Å². The standard InChI is InChI=1S/C10H14ClN3O2S/c11-8-3-4-10(13-6-8)14-17(15,16)7-9-2-1-5-12-9/h3-4,6,9,12H,1-2,5,7H2,(H,13,14). The molecule has 1 aromatic heterocycles. The Labute approximate surface area is 106 Å². The lowest BCUT2D eigenvalue weighted by atomic mass is 10.3. The number of sulfonamides is 1. The van der Waals surface area contributed by atoms with Crippen molar-refractivity contribution < 1.29 is 8.42 Å². The molecule has 0 aliphatic carbocycles. The fraction of sp³-hybridized carbons (Fsp3) is 0.500. The first-order chi connectivity index (χ1) is 8.05. The summed E-state index contributed by atoms with van der Waals surface area (Å²) in [6.07, 6.45) is 3.33. The third-order valence-electron chi connectivity index (χ3n) is 2.57. The number of pyridine rings is 1. The molecular weight excluding hydrogens is 262 g/mol. The zero-order valence-corrected chi connectivity index (χ0v) is 10.8. The number of hydrogen-bond donors (Lipinski definition) is 2. The first kappa shape index (κ1) is 12.6. The van der Waals surface area contributed by atoms with Crippen LogP contribution in [0.5, 0.6) is 0 Å². The molecule has 1 saturated heterocycles. The highest BCUT2D eigenvalue weighted by atomic mass is 35.5. The molecule has 1 aliphatic rings. The Morgan fingerprint density at radius 1 is 1.53 bits per heavy atom. The minimum atomic E-state index is -3.35.